The smallest absolute Gasteiger partial charge is 0.191 e. The number of hydrogen-bond acceptors (Lipinski definition) is 3. The molecule has 24 heavy (non-hydrogen) atoms. The molecule has 1 unspecified atom stereocenters. The van der Waals surface area contributed by atoms with Crippen LogP contribution in [0.1, 0.15) is 42.1 Å². The molecule has 2 N–H and O–H groups in total. The number of guanidine groups is 1. The monoisotopic (exact) mass is 344 g/mol. The Bertz CT molecular complexity index is 634. The van der Waals surface area contributed by atoms with Crippen molar-refractivity contribution >= 4 is 17.3 Å². The van der Waals surface area contributed by atoms with Crippen molar-refractivity contribution in [3.63, 3.8) is 0 Å². The lowest BCUT2D eigenvalue weighted by Crippen LogP contribution is -2.39. The number of nitrogens with one attached hydrogen (secondary N) is 2. The Morgan fingerprint density at radius 2 is 1.96 bits per heavy atom. The highest BCUT2D eigenvalue weighted by Crippen LogP contribution is 2.23. The summed E-state index contributed by atoms with van der Waals surface area (Å²) in [5, 5.41) is 7.91. The fourth-order valence-corrected chi connectivity index (χ4v) is 3.42. The molecule has 0 aliphatic rings. The Morgan fingerprint density at radius 1 is 1.21 bits per heavy atom. The molecule has 0 radical (unpaired) electrons. The maximum Gasteiger partial charge on any atom is 0.191 e. The van der Waals surface area contributed by atoms with Crippen LogP contribution in [-0.2, 0) is 13.0 Å². The zero-order valence-corrected chi connectivity index (χ0v) is 15.9. The minimum atomic E-state index is 0.455. The number of aromatic nitrogens is 1. The van der Waals surface area contributed by atoms with E-state index in [0.29, 0.717) is 18.4 Å². The standard InChI is InChI=1S/C19H28N4S/c1-5-16-11-21-18(24-16)13-23-19(20-4)22-12-17(14(2)3)15-9-7-6-8-10-15/h6-11,14,17H,5,12-13H2,1-4H3,(H2,20,22,23). The van der Waals surface area contributed by atoms with E-state index in [9.17, 15) is 0 Å². The molecule has 130 valence electrons. The highest BCUT2D eigenvalue weighted by atomic mass is 32.1. The molecule has 1 aromatic carbocycles. The van der Waals surface area contributed by atoms with Crippen LogP contribution in [0.2, 0.25) is 0 Å². The van der Waals surface area contributed by atoms with E-state index in [-0.39, 0.29) is 0 Å². The summed E-state index contributed by atoms with van der Waals surface area (Å²) >= 11 is 1.76. The Kier molecular flexibility index (Phi) is 7.25. The molecule has 0 aliphatic carbocycles. The van der Waals surface area contributed by atoms with Crippen LogP contribution in [0.5, 0.6) is 0 Å². The third-order valence-corrected chi connectivity index (χ3v) is 5.24. The lowest BCUT2D eigenvalue weighted by atomic mass is 9.88. The fourth-order valence-electron chi connectivity index (χ4n) is 2.62. The highest BCUT2D eigenvalue weighted by molar-refractivity contribution is 7.11. The molecule has 5 heteroatoms. The van der Waals surface area contributed by atoms with E-state index in [1.54, 1.807) is 11.3 Å². The van der Waals surface area contributed by atoms with Gasteiger partial charge in [0.05, 0.1) is 6.54 Å². The predicted molar refractivity (Wildman–Crippen MR) is 104 cm³/mol. The average Bonchev–Trinajstić information content (AvgIpc) is 3.06. The van der Waals surface area contributed by atoms with E-state index < -0.39 is 0 Å². The first-order chi connectivity index (χ1) is 11.6. The van der Waals surface area contributed by atoms with Crippen molar-refractivity contribution in [3.8, 4) is 0 Å². The third kappa shape index (κ3) is 5.34. The quantitative estimate of drug-likeness (QED) is 0.593. The van der Waals surface area contributed by atoms with Gasteiger partial charge in [-0.3, -0.25) is 4.99 Å². The van der Waals surface area contributed by atoms with Crippen LogP contribution in [-0.4, -0.2) is 24.5 Å². The Morgan fingerprint density at radius 3 is 2.54 bits per heavy atom. The summed E-state index contributed by atoms with van der Waals surface area (Å²) in [4.78, 5) is 10.1. The summed E-state index contributed by atoms with van der Waals surface area (Å²) < 4.78 is 0. The first kappa shape index (κ1) is 18.5. The second-order valence-electron chi connectivity index (χ2n) is 6.14. The van der Waals surface area contributed by atoms with Gasteiger partial charge in [-0.25, -0.2) is 4.98 Å². The first-order valence-electron chi connectivity index (χ1n) is 8.57. The number of rotatable bonds is 7. The molecule has 0 saturated heterocycles. The SMILES string of the molecule is CCc1cnc(CNC(=NC)NCC(c2ccccc2)C(C)C)s1. The Balaban J connectivity index is 1.89. The van der Waals surface area contributed by atoms with Gasteiger partial charge in [-0.15, -0.1) is 11.3 Å². The topological polar surface area (TPSA) is 49.3 Å². The molecule has 1 atom stereocenters. The summed E-state index contributed by atoms with van der Waals surface area (Å²) in [6, 6.07) is 10.7. The molecule has 1 aromatic heterocycles. The summed E-state index contributed by atoms with van der Waals surface area (Å²) in [7, 11) is 1.81. The molecule has 2 rings (SSSR count). The first-order valence-corrected chi connectivity index (χ1v) is 9.38. The zero-order valence-electron chi connectivity index (χ0n) is 15.0. The molecule has 2 aromatic rings. The van der Waals surface area contributed by atoms with Crippen molar-refractivity contribution in [2.75, 3.05) is 13.6 Å². The van der Waals surface area contributed by atoms with Gasteiger partial charge in [0.15, 0.2) is 5.96 Å². The van der Waals surface area contributed by atoms with E-state index in [1.807, 2.05) is 13.2 Å². The van der Waals surface area contributed by atoms with Gasteiger partial charge in [0.1, 0.15) is 5.01 Å². The van der Waals surface area contributed by atoms with Gasteiger partial charge in [0.25, 0.3) is 0 Å². The van der Waals surface area contributed by atoms with Gasteiger partial charge in [-0.05, 0) is 17.9 Å². The van der Waals surface area contributed by atoms with Crippen LogP contribution in [0.4, 0.5) is 0 Å². The van der Waals surface area contributed by atoms with Crippen LogP contribution >= 0.6 is 11.3 Å². The van der Waals surface area contributed by atoms with E-state index in [0.717, 1.165) is 23.9 Å². The Hall–Kier alpha value is -1.88. The van der Waals surface area contributed by atoms with Crippen molar-refractivity contribution in [1.29, 1.82) is 0 Å². The van der Waals surface area contributed by atoms with Crippen LogP contribution in [0.25, 0.3) is 0 Å². The molecule has 0 aliphatic heterocycles. The van der Waals surface area contributed by atoms with Crippen molar-refractivity contribution in [1.82, 2.24) is 15.6 Å². The summed E-state index contributed by atoms with van der Waals surface area (Å²) in [5.74, 6) is 1.84. The van der Waals surface area contributed by atoms with Gasteiger partial charge < -0.3 is 10.6 Å². The van der Waals surface area contributed by atoms with Crippen LogP contribution < -0.4 is 10.6 Å². The average molecular weight is 345 g/mol. The minimum absolute atomic E-state index is 0.455. The zero-order chi connectivity index (χ0) is 17.4. The highest BCUT2D eigenvalue weighted by Gasteiger charge is 2.16. The molecule has 0 amide bonds. The molecule has 0 fully saturated rings. The Labute approximate surface area is 149 Å². The fraction of sp³-hybridized carbons (Fsp3) is 0.474. The van der Waals surface area contributed by atoms with Crippen LogP contribution in [0, 0.1) is 5.92 Å². The van der Waals surface area contributed by atoms with Crippen molar-refractivity contribution in [2.45, 2.75) is 39.7 Å². The summed E-state index contributed by atoms with van der Waals surface area (Å²) in [6.45, 7) is 8.25. The predicted octanol–water partition coefficient (Wildman–Crippen LogP) is 3.81. The van der Waals surface area contributed by atoms with E-state index in [2.05, 4.69) is 71.7 Å². The number of benzene rings is 1. The number of aryl methyl sites for hydroxylation is 1. The van der Waals surface area contributed by atoms with Crippen molar-refractivity contribution in [3.05, 3.63) is 52.0 Å². The van der Waals surface area contributed by atoms with Gasteiger partial charge in [-0.2, -0.15) is 0 Å². The lowest BCUT2D eigenvalue weighted by molar-refractivity contribution is 0.488. The summed E-state index contributed by atoms with van der Waals surface area (Å²) in [5.41, 5.74) is 1.36. The maximum absolute atomic E-state index is 4.44. The summed E-state index contributed by atoms with van der Waals surface area (Å²) in [6.07, 6.45) is 3.00. The second-order valence-corrected chi connectivity index (χ2v) is 7.34. The van der Waals surface area contributed by atoms with Gasteiger partial charge in [0.2, 0.25) is 0 Å². The van der Waals surface area contributed by atoms with Crippen molar-refractivity contribution in [2.24, 2.45) is 10.9 Å². The molecule has 0 spiro atoms. The molecule has 0 bridgehead atoms. The largest absolute Gasteiger partial charge is 0.356 e. The van der Waals surface area contributed by atoms with Crippen LogP contribution in [0.3, 0.4) is 0 Å². The number of thiazole rings is 1. The van der Waals surface area contributed by atoms with E-state index >= 15 is 0 Å². The normalized spacial score (nSPS) is 13.1. The van der Waals surface area contributed by atoms with Crippen LogP contribution in [0.15, 0.2) is 41.5 Å². The molecule has 1 heterocycles. The molecular formula is C19H28N4S. The van der Waals surface area contributed by atoms with Crippen molar-refractivity contribution < 1.29 is 0 Å². The number of nitrogens with zero attached hydrogens (tertiary/aromatic N) is 2. The number of hydrogen-bond donors (Lipinski definition) is 2. The second kappa shape index (κ2) is 9.42. The van der Waals surface area contributed by atoms with E-state index in [4.69, 9.17) is 0 Å². The molecule has 0 saturated carbocycles. The van der Waals surface area contributed by atoms with Gasteiger partial charge >= 0.3 is 0 Å². The lowest BCUT2D eigenvalue weighted by Gasteiger charge is -2.23. The maximum atomic E-state index is 4.44. The van der Waals surface area contributed by atoms with Gasteiger partial charge in [0, 0.05) is 30.6 Å². The third-order valence-electron chi connectivity index (χ3n) is 4.10. The molecule has 4 nitrogen and oxygen atoms in total. The van der Waals surface area contributed by atoms with E-state index in [1.165, 1.54) is 10.4 Å². The van der Waals surface area contributed by atoms with Gasteiger partial charge in [-0.1, -0.05) is 51.1 Å². The molecular weight excluding hydrogens is 316 g/mol. The minimum Gasteiger partial charge on any atom is -0.356 e. The number of aliphatic imine (C=N–C) groups is 1.